The Morgan fingerprint density at radius 3 is 2.29 bits per heavy atom. The molecular formula is C15H21N3O2S. The van der Waals surface area contributed by atoms with E-state index in [1.54, 1.807) is 14.2 Å². The molecule has 0 aliphatic rings. The van der Waals surface area contributed by atoms with E-state index in [-0.39, 0.29) is 0 Å². The van der Waals surface area contributed by atoms with Gasteiger partial charge in [-0.3, -0.25) is 0 Å². The summed E-state index contributed by atoms with van der Waals surface area (Å²) in [4.78, 5) is 2.21. The highest BCUT2D eigenvalue weighted by Gasteiger charge is 2.19. The van der Waals surface area contributed by atoms with E-state index in [9.17, 15) is 0 Å². The maximum atomic E-state index is 6.08. The molecule has 0 saturated heterocycles. The number of hydrogen-bond donors (Lipinski definition) is 1. The Balaban J connectivity index is 2.32. The zero-order valence-electron chi connectivity index (χ0n) is 12.4. The monoisotopic (exact) mass is 307 g/mol. The molecule has 0 fully saturated rings. The number of methoxy groups -OCH3 is 2. The van der Waals surface area contributed by atoms with Crippen molar-refractivity contribution < 1.29 is 9.47 Å². The van der Waals surface area contributed by atoms with Gasteiger partial charge in [0, 0.05) is 27.3 Å². The molecule has 1 aromatic carbocycles. The number of hydrogen-bond acceptors (Lipinski definition) is 6. The molecule has 5 nitrogen and oxygen atoms in total. The Hall–Kier alpha value is -1.63. The van der Waals surface area contributed by atoms with E-state index in [2.05, 4.69) is 21.4 Å². The lowest BCUT2D eigenvalue weighted by molar-refractivity contribution is 0.190. The third-order valence-corrected chi connectivity index (χ3v) is 4.10. The second-order valence-corrected chi connectivity index (χ2v) is 5.34. The first-order valence-corrected chi connectivity index (χ1v) is 7.58. The van der Waals surface area contributed by atoms with Crippen LogP contribution in [0.1, 0.15) is 0 Å². The number of rotatable bonds is 8. The van der Waals surface area contributed by atoms with Gasteiger partial charge in [-0.25, -0.2) is 0 Å². The van der Waals surface area contributed by atoms with E-state index in [1.165, 1.54) is 11.5 Å². The first-order chi connectivity index (χ1) is 10.3. The molecule has 2 rings (SSSR count). The van der Waals surface area contributed by atoms with Gasteiger partial charge in [0.25, 0.3) is 0 Å². The van der Waals surface area contributed by atoms with Crippen molar-refractivity contribution in [3.8, 4) is 11.1 Å². The fourth-order valence-electron chi connectivity index (χ4n) is 2.10. The van der Waals surface area contributed by atoms with E-state index in [0.29, 0.717) is 19.0 Å². The predicted octanol–water partition coefficient (Wildman–Crippen LogP) is 2.49. The Bertz CT molecular complexity index is 537. The van der Waals surface area contributed by atoms with Crippen LogP contribution in [0.25, 0.3) is 11.1 Å². The summed E-state index contributed by atoms with van der Waals surface area (Å²) in [5.41, 5.74) is 8.15. The second kappa shape index (κ2) is 7.97. The number of nitrogen functional groups attached to an aromatic ring is 1. The molecule has 0 aliphatic heterocycles. The van der Waals surface area contributed by atoms with Crippen LogP contribution in [0.3, 0.4) is 0 Å². The molecule has 1 heterocycles. The average molecular weight is 307 g/mol. The van der Waals surface area contributed by atoms with E-state index >= 15 is 0 Å². The van der Waals surface area contributed by atoms with Gasteiger partial charge < -0.3 is 20.1 Å². The number of nitrogens with zero attached hydrogens (tertiary/aromatic N) is 2. The average Bonchev–Trinajstić information content (AvgIpc) is 2.90. The topological polar surface area (TPSA) is 60.6 Å². The number of nitrogens with two attached hydrogens (primary N) is 1. The maximum Gasteiger partial charge on any atom is 0.147 e. The molecule has 6 heteroatoms. The zero-order valence-corrected chi connectivity index (χ0v) is 13.2. The van der Waals surface area contributed by atoms with Gasteiger partial charge in [0.05, 0.1) is 18.8 Å². The van der Waals surface area contributed by atoms with Crippen LogP contribution in [0.15, 0.2) is 30.3 Å². The summed E-state index contributed by atoms with van der Waals surface area (Å²) in [5, 5.41) is 1.06. The number of anilines is 2. The van der Waals surface area contributed by atoms with Crippen LogP contribution in [0.4, 0.5) is 10.8 Å². The van der Waals surface area contributed by atoms with E-state index in [0.717, 1.165) is 29.2 Å². The molecule has 0 saturated carbocycles. The Kier molecular flexibility index (Phi) is 5.98. The highest BCUT2D eigenvalue weighted by Crippen LogP contribution is 2.39. The third-order valence-electron chi connectivity index (χ3n) is 3.18. The summed E-state index contributed by atoms with van der Waals surface area (Å²) in [6.07, 6.45) is 0. The summed E-state index contributed by atoms with van der Waals surface area (Å²) < 4.78 is 14.7. The van der Waals surface area contributed by atoms with Crippen LogP contribution in [0.5, 0.6) is 0 Å². The zero-order chi connectivity index (χ0) is 15.1. The molecule has 0 radical (unpaired) electrons. The Morgan fingerprint density at radius 1 is 1.10 bits per heavy atom. The number of ether oxygens (including phenoxy) is 2. The lowest BCUT2D eigenvalue weighted by atomic mass is 10.1. The van der Waals surface area contributed by atoms with Gasteiger partial charge in [0.2, 0.25) is 0 Å². The maximum absolute atomic E-state index is 6.08. The standard InChI is InChI=1S/C15H21N3O2S/c1-19-10-8-18(9-11-20-2)15-13(14(16)17-21-15)12-6-4-3-5-7-12/h3-7H,8-11H2,1-2H3,(H2,16,17). The van der Waals surface area contributed by atoms with Crippen LogP contribution in [-0.2, 0) is 9.47 Å². The smallest absolute Gasteiger partial charge is 0.147 e. The number of benzene rings is 1. The van der Waals surface area contributed by atoms with Crippen LogP contribution in [0, 0.1) is 0 Å². The van der Waals surface area contributed by atoms with Crippen molar-refractivity contribution in [3.63, 3.8) is 0 Å². The minimum absolute atomic E-state index is 0.570. The molecule has 0 atom stereocenters. The van der Waals surface area contributed by atoms with Crippen LogP contribution in [-0.4, -0.2) is 44.9 Å². The van der Waals surface area contributed by atoms with Crippen molar-refractivity contribution in [3.05, 3.63) is 30.3 Å². The molecule has 0 aliphatic carbocycles. The molecule has 0 bridgehead atoms. The molecule has 0 amide bonds. The molecule has 1 aromatic heterocycles. The van der Waals surface area contributed by atoms with Crippen LogP contribution < -0.4 is 10.6 Å². The highest BCUT2D eigenvalue weighted by molar-refractivity contribution is 7.11. The normalized spacial score (nSPS) is 10.8. The first kappa shape index (κ1) is 15.8. The fourth-order valence-corrected chi connectivity index (χ4v) is 2.99. The quantitative estimate of drug-likeness (QED) is 0.812. The van der Waals surface area contributed by atoms with Gasteiger partial charge in [0.15, 0.2) is 0 Å². The minimum atomic E-state index is 0.570. The second-order valence-electron chi connectivity index (χ2n) is 4.59. The summed E-state index contributed by atoms with van der Waals surface area (Å²) in [7, 11) is 3.40. The minimum Gasteiger partial charge on any atom is -0.383 e. The fraction of sp³-hybridized carbons (Fsp3) is 0.400. The van der Waals surface area contributed by atoms with Gasteiger partial charge in [0.1, 0.15) is 10.8 Å². The van der Waals surface area contributed by atoms with Crippen molar-refractivity contribution in [2.24, 2.45) is 0 Å². The lowest BCUT2D eigenvalue weighted by Gasteiger charge is -2.23. The summed E-state index contributed by atoms with van der Waals surface area (Å²) in [6.45, 7) is 2.86. The SMILES string of the molecule is COCCN(CCOC)c1snc(N)c1-c1ccccc1. The first-order valence-electron chi connectivity index (χ1n) is 6.81. The van der Waals surface area contributed by atoms with Gasteiger partial charge in [-0.2, -0.15) is 4.37 Å². The van der Waals surface area contributed by atoms with E-state index in [4.69, 9.17) is 15.2 Å². The molecular weight excluding hydrogens is 286 g/mol. The van der Waals surface area contributed by atoms with Crippen molar-refractivity contribution in [2.45, 2.75) is 0 Å². The summed E-state index contributed by atoms with van der Waals surface area (Å²) in [6, 6.07) is 10.1. The van der Waals surface area contributed by atoms with Gasteiger partial charge in [-0.15, -0.1) is 0 Å². The number of aromatic nitrogens is 1. The van der Waals surface area contributed by atoms with Crippen molar-refractivity contribution >= 4 is 22.4 Å². The van der Waals surface area contributed by atoms with Crippen molar-refractivity contribution in [2.75, 3.05) is 51.2 Å². The third kappa shape index (κ3) is 3.93. The van der Waals surface area contributed by atoms with Crippen molar-refractivity contribution in [1.29, 1.82) is 0 Å². The van der Waals surface area contributed by atoms with Gasteiger partial charge in [-0.1, -0.05) is 30.3 Å². The highest BCUT2D eigenvalue weighted by atomic mass is 32.1. The summed E-state index contributed by atoms with van der Waals surface area (Å²) in [5.74, 6) is 0.570. The summed E-state index contributed by atoms with van der Waals surface area (Å²) >= 11 is 1.42. The predicted molar refractivity (Wildman–Crippen MR) is 87.9 cm³/mol. The van der Waals surface area contributed by atoms with Crippen LogP contribution in [0.2, 0.25) is 0 Å². The lowest BCUT2D eigenvalue weighted by Crippen LogP contribution is -2.30. The largest absolute Gasteiger partial charge is 0.383 e. The van der Waals surface area contributed by atoms with Crippen LogP contribution >= 0.6 is 11.5 Å². The molecule has 2 aromatic rings. The van der Waals surface area contributed by atoms with E-state index < -0.39 is 0 Å². The molecule has 2 N–H and O–H groups in total. The molecule has 0 spiro atoms. The molecule has 114 valence electrons. The molecule has 21 heavy (non-hydrogen) atoms. The van der Waals surface area contributed by atoms with Crippen molar-refractivity contribution in [1.82, 2.24) is 4.37 Å². The van der Waals surface area contributed by atoms with Gasteiger partial charge in [-0.05, 0) is 17.1 Å². The Labute approximate surface area is 129 Å². The van der Waals surface area contributed by atoms with E-state index in [1.807, 2.05) is 18.2 Å². The van der Waals surface area contributed by atoms with Gasteiger partial charge >= 0.3 is 0 Å². The molecule has 0 unspecified atom stereocenters. The Morgan fingerprint density at radius 2 is 1.71 bits per heavy atom.